The molecule has 3 atom stereocenters. The van der Waals surface area contributed by atoms with E-state index < -0.39 is 0 Å². The molecule has 4 heteroatoms. The summed E-state index contributed by atoms with van der Waals surface area (Å²) >= 11 is 0. The lowest BCUT2D eigenvalue weighted by Crippen LogP contribution is -2.55. The van der Waals surface area contributed by atoms with E-state index in [4.69, 9.17) is 0 Å². The number of piperazine rings is 1. The molecule has 2 rings (SSSR count). The van der Waals surface area contributed by atoms with Crippen LogP contribution in [0.25, 0.3) is 0 Å². The second-order valence-corrected chi connectivity index (χ2v) is 7.06. The van der Waals surface area contributed by atoms with Crippen molar-refractivity contribution in [3.8, 4) is 0 Å². The Morgan fingerprint density at radius 1 is 1.29 bits per heavy atom. The maximum atomic E-state index is 9.74. The zero-order valence-corrected chi connectivity index (χ0v) is 14.3. The molecule has 2 aliphatic heterocycles. The molecule has 2 aliphatic rings. The Morgan fingerprint density at radius 2 is 2.10 bits per heavy atom. The molecular weight excluding hydrogens is 262 g/mol. The van der Waals surface area contributed by atoms with E-state index in [0.717, 1.165) is 25.4 Å². The smallest absolute Gasteiger partial charge is 0.0613 e. The van der Waals surface area contributed by atoms with E-state index in [-0.39, 0.29) is 12.1 Å². The van der Waals surface area contributed by atoms with E-state index in [0.29, 0.717) is 6.04 Å². The molecule has 0 aromatic carbocycles. The molecule has 0 aliphatic carbocycles. The van der Waals surface area contributed by atoms with E-state index in [1.54, 1.807) is 0 Å². The summed E-state index contributed by atoms with van der Waals surface area (Å²) in [7, 11) is 0. The fraction of sp³-hybridized carbons (Fsp3) is 1.00. The third-order valence-electron chi connectivity index (χ3n) is 5.70. The summed E-state index contributed by atoms with van der Waals surface area (Å²) < 4.78 is 0. The normalized spacial score (nSPS) is 30.3. The van der Waals surface area contributed by atoms with Gasteiger partial charge in [0.2, 0.25) is 0 Å². The Labute approximate surface area is 130 Å². The lowest BCUT2D eigenvalue weighted by molar-refractivity contribution is 0.0543. The van der Waals surface area contributed by atoms with Gasteiger partial charge in [0.05, 0.1) is 6.61 Å². The first-order valence-corrected chi connectivity index (χ1v) is 8.98. The summed E-state index contributed by atoms with van der Waals surface area (Å²) in [6, 6.07) is 1.49. The first-order chi connectivity index (χ1) is 10.1. The standard InChI is InChI=1S/C17H35N3O/c1-4-17(14-21,18-5-2)9-7-11-19-13-16-8-6-10-20(16)12-15(19)3/h15-16,18,21H,4-14H2,1-3H3. The van der Waals surface area contributed by atoms with E-state index in [9.17, 15) is 5.11 Å². The highest BCUT2D eigenvalue weighted by Crippen LogP contribution is 2.25. The topological polar surface area (TPSA) is 38.7 Å². The number of hydrogen-bond donors (Lipinski definition) is 2. The number of nitrogens with one attached hydrogen (secondary N) is 1. The monoisotopic (exact) mass is 297 g/mol. The molecule has 2 heterocycles. The second-order valence-electron chi connectivity index (χ2n) is 7.06. The van der Waals surface area contributed by atoms with Crippen LogP contribution in [0.4, 0.5) is 0 Å². The van der Waals surface area contributed by atoms with Crippen LogP contribution in [-0.2, 0) is 0 Å². The molecule has 0 saturated carbocycles. The molecule has 4 nitrogen and oxygen atoms in total. The highest BCUT2D eigenvalue weighted by Gasteiger charge is 2.34. The summed E-state index contributed by atoms with van der Waals surface area (Å²) in [5.41, 5.74) is -0.0623. The lowest BCUT2D eigenvalue weighted by Gasteiger charge is -2.43. The highest BCUT2D eigenvalue weighted by atomic mass is 16.3. The first-order valence-electron chi connectivity index (χ1n) is 8.98. The summed E-state index contributed by atoms with van der Waals surface area (Å²) in [6.45, 7) is 12.9. The number of aliphatic hydroxyl groups is 1. The number of hydrogen-bond acceptors (Lipinski definition) is 4. The Morgan fingerprint density at radius 3 is 2.76 bits per heavy atom. The largest absolute Gasteiger partial charge is 0.394 e. The summed E-state index contributed by atoms with van der Waals surface area (Å²) in [5, 5.41) is 13.2. The zero-order valence-electron chi connectivity index (χ0n) is 14.3. The Bertz CT molecular complexity index is 306. The molecule has 21 heavy (non-hydrogen) atoms. The quantitative estimate of drug-likeness (QED) is 0.715. The molecule has 0 bridgehead atoms. The number of rotatable bonds is 8. The van der Waals surface area contributed by atoms with Crippen LogP contribution in [0.1, 0.15) is 52.9 Å². The molecule has 2 fully saturated rings. The molecule has 0 amide bonds. The SMILES string of the molecule is CCNC(CC)(CO)CCCN1CC2CCCN2CC1C. The Kier molecular flexibility index (Phi) is 6.48. The van der Waals surface area contributed by atoms with Gasteiger partial charge in [0.1, 0.15) is 0 Å². The van der Waals surface area contributed by atoms with Crippen molar-refractivity contribution in [2.24, 2.45) is 0 Å². The lowest BCUT2D eigenvalue weighted by atomic mass is 9.91. The third-order valence-corrected chi connectivity index (χ3v) is 5.70. The van der Waals surface area contributed by atoms with E-state index in [1.807, 2.05) is 0 Å². The average Bonchev–Trinajstić information content (AvgIpc) is 2.93. The van der Waals surface area contributed by atoms with Crippen LogP contribution in [0.2, 0.25) is 0 Å². The maximum Gasteiger partial charge on any atom is 0.0613 e. The van der Waals surface area contributed by atoms with Crippen LogP contribution in [0.15, 0.2) is 0 Å². The van der Waals surface area contributed by atoms with Gasteiger partial charge in [-0.2, -0.15) is 0 Å². The van der Waals surface area contributed by atoms with Crippen molar-refractivity contribution in [2.75, 3.05) is 39.3 Å². The van der Waals surface area contributed by atoms with E-state index in [1.165, 1.54) is 45.4 Å². The van der Waals surface area contributed by atoms with Crippen molar-refractivity contribution in [3.63, 3.8) is 0 Å². The number of nitrogens with zero attached hydrogens (tertiary/aromatic N) is 2. The molecule has 0 aromatic rings. The van der Waals surface area contributed by atoms with Crippen molar-refractivity contribution < 1.29 is 5.11 Å². The summed E-state index contributed by atoms with van der Waals surface area (Å²) in [6.07, 6.45) is 6.03. The van der Waals surface area contributed by atoms with Crippen LogP contribution in [-0.4, -0.2) is 71.9 Å². The van der Waals surface area contributed by atoms with Crippen LogP contribution < -0.4 is 5.32 Å². The molecule has 0 radical (unpaired) electrons. The van der Waals surface area contributed by atoms with Gasteiger partial charge in [0, 0.05) is 30.7 Å². The van der Waals surface area contributed by atoms with Gasteiger partial charge in [-0.25, -0.2) is 0 Å². The van der Waals surface area contributed by atoms with Gasteiger partial charge in [0.15, 0.2) is 0 Å². The molecule has 3 unspecified atom stereocenters. The predicted molar refractivity (Wildman–Crippen MR) is 88.6 cm³/mol. The fourth-order valence-electron chi connectivity index (χ4n) is 4.19. The maximum absolute atomic E-state index is 9.74. The second kappa shape index (κ2) is 7.91. The molecule has 2 saturated heterocycles. The van der Waals surface area contributed by atoms with E-state index in [2.05, 4.69) is 35.9 Å². The minimum Gasteiger partial charge on any atom is -0.394 e. The predicted octanol–water partition coefficient (Wildman–Crippen LogP) is 1.69. The third kappa shape index (κ3) is 4.19. The number of likely N-dealkylation sites (N-methyl/N-ethyl adjacent to an activating group) is 1. The van der Waals surface area contributed by atoms with Crippen molar-refractivity contribution >= 4 is 0 Å². The summed E-state index contributed by atoms with van der Waals surface area (Å²) in [5.74, 6) is 0. The van der Waals surface area contributed by atoms with Gasteiger partial charge in [-0.15, -0.1) is 0 Å². The van der Waals surface area contributed by atoms with Crippen LogP contribution in [0.5, 0.6) is 0 Å². The van der Waals surface area contributed by atoms with Gasteiger partial charge < -0.3 is 10.4 Å². The van der Waals surface area contributed by atoms with Crippen LogP contribution >= 0.6 is 0 Å². The average molecular weight is 297 g/mol. The van der Waals surface area contributed by atoms with Crippen LogP contribution in [0.3, 0.4) is 0 Å². The van der Waals surface area contributed by atoms with Gasteiger partial charge in [-0.3, -0.25) is 9.80 Å². The van der Waals surface area contributed by atoms with Crippen molar-refractivity contribution in [3.05, 3.63) is 0 Å². The Balaban J connectivity index is 1.79. The van der Waals surface area contributed by atoms with Crippen molar-refractivity contribution in [1.82, 2.24) is 15.1 Å². The minimum atomic E-state index is -0.0623. The fourth-order valence-corrected chi connectivity index (χ4v) is 4.19. The molecular formula is C17H35N3O. The van der Waals surface area contributed by atoms with Gasteiger partial charge in [-0.1, -0.05) is 13.8 Å². The number of fused-ring (bicyclic) bond motifs is 1. The zero-order chi connectivity index (χ0) is 15.3. The van der Waals surface area contributed by atoms with Gasteiger partial charge >= 0.3 is 0 Å². The molecule has 2 N–H and O–H groups in total. The molecule has 0 aromatic heterocycles. The minimum absolute atomic E-state index is 0.0623. The molecule has 0 spiro atoms. The first kappa shape index (κ1) is 17.2. The summed E-state index contributed by atoms with van der Waals surface area (Å²) in [4.78, 5) is 5.36. The number of aliphatic hydroxyl groups excluding tert-OH is 1. The Hall–Kier alpha value is -0.160. The highest BCUT2D eigenvalue weighted by molar-refractivity contribution is 4.91. The van der Waals surface area contributed by atoms with Crippen LogP contribution in [0, 0.1) is 0 Å². The van der Waals surface area contributed by atoms with Crippen molar-refractivity contribution in [1.29, 1.82) is 0 Å². The van der Waals surface area contributed by atoms with Crippen molar-refractivity contribution in [2.45, 2.75) is 70.5 Å². The van der Waals surface area contributed by atoms with Gasteiger partial charge in [-0.05, 0) is 58.7 Å². The molecule has 124 valence electrons. The van der Waals surface area contributed by atoms with E-state index >= 15 is 0 Å². The van der Waals surface area contributed by atoms with Gasteiger partial charge in [0.25, 0.3) is 0 Å².